The molecule has 0 unspecified atom stereocenters. The van der Waals surface area contributed by atoms with Crippen molar-refractivity contribution >= 4 is 44.2 Å². The summed E-state index contributed by atoms with van der Waals surface area (Å²) in [6, 6.07) is 2.15. The fourth-order valence-electron chi connectivity index (χ4n) is 1.36. The summed E-state index contributed by atoms with van der Waals surface area (Å²) in [7, 11) is 0. The van der Waals surface area contributed by atoms with Crippen LogP contribution in [0.25, 0.3) is 0 Å². The number of nitrogens with zero attached hydrogens (tertiary/aromatic N) is 1. The van der Waals surface area contributed by atoms with Crippen LogP contribution >= 0.6 is 39.0 Å². The maximum atomic E-state index is 4.57. The van der Waals surface area contributed by atoms with Gasteiger partial charge in [0.1, 0.15) is 0 Å². The molecule has 1 aromatic rings. The number of thioether (sulfide) groups is 1. The molecule has 0 aromatic carbocycles. The average Bonchev–Trinajstić information content (AvgIpc) is 2.63. The van der Waals surface area contributed by atoms with Crippen LogP contribution in [0.15, 0.2) is 20.9 Å². The molecule has 16 heavy (non-hydrogen) atoms. The van der Waals surface area contributed by atoms with Crippen molar-refractivity contribution in [3.8, 4) is 0 Å². The molecule has 1 aromatic heterocycles. The van der Waals surface area contributed by atoms with Crippen molar-refractivity contribution in [3.63, 3.8) is 0 Å². The Hall–Kier alpha value is -0.000000000000000111. The molecule has 88 valence electrons. The van der Waals surface area contributed by atoms with Crippen molar-refractivity contribution in [1.29, 1.82) is 0 Å². The van der Waals surface area contributed by atoms with Gasteiger partial charge >= 0.3 is 0 Å². The third kappa shape index (κ3) is 3.50. The lowest BCUT2D eigenvalue weighted by Crippen LogP contribution is -2.30. The number of nitrogens with one attached hydrogen (secondary N) is 1. The molecular formula is C11H15BrN2S2. The molecule has 0 saturated carbocycles. The molecule has 0 bridgehead atoms. The van der Waals surface area contributed by atoms with Gasteiger partial charge in [0.2, 0.25) is 0 Å². The first kappa shape index (κ1) is 12.5. The minimum atomic E-state index is 0.349. The molecule has 1 aliphatic rings. The SMILES string of the molecule is CC1(C)CN=C(NCc2cc(Br)cs2)SC1. The van der Waals surface area contributed by atoms with Crippen molar-refractivity contribution in [3.05, 3.63) is 20.8 Å². The Kier molecular flexibility index (Phi) is 3.97. The first-order valence-corrected chi connectivity index (χ1v) is 7.85. The summed E-state index contributed by atoms with van der Waals surface area (Å²) in [6.07, 6.45) is 0. The standard InChI is InChI=1S/C11H15BrN2S2/c1-11(2)6-14-10(16-7-11)13-4-9-3-8(12)5-15-9/h3,5H,4,6-7H2,1-2H3,(H,13,14). The van der Waals surface area contributed by atoms with E-state index in [1.54, 1.807) is 11.3 Å². The molecule has 0 saturated heterocycles. The summed E-state index contributed by atoms with van der Waals surface area (Å²) in [4.78, 5) is 5.90. The van der Waals surface area contributed by atoms with E-state index in [0.717, 1.165) is 28.5 Å². The predicted octanol–water partition coefficient (Wildman–Crippen LogP) is 3.73. The van der Waals surface area contributed by atoms with E-state index in [1.165, 1.54) is 4.88 Å². The molecule has 2 nitrogen and oxygen atoms in total. The van der Waals surface area contributed by atoms with Crippen LogP contribution in [0.2, 0.25) is 0 Å². The Morgan fingerprint density at radius 3 is 2.94 bits per heavy atom. The van der Waals surface area contributed by atoms with Crippen LogP contribution in [0.4, 0.5) is 0 Å². The lowest BCUT2D eigenvalue weighted by atomic mass is 9.97. The van der Waals surface area contributed by atoms with Crippen molar-refractivity contribution in [2.45, 2.75) is 20.4 Å². The Morgan fingerprint density at radius 2 is 2.38 bits per heavy atom. The van der Waals surface area contributed by atoms with Gasteiger partial charge in [0.15, 0.2) is 5.17 Å². The van der Waals surface area contributed by atoms with E-state index >= 15 is 0 Å². The largest absolute Gasteiger partial charge is 0.360 e. The van der Waals surface area contributed by atoms with E-state index in [1.807, 2.05) is 11.8 Å². The second kappa shape index (κ2) is 5.10. The molecule has 0 fully saturated rings. The zero-order valence-corrected chi connectivity index (χ0v) is 12.6. The summed E-state index contributed by atoms with van der Waals surface area (Å²) in [6.45, 7) is 6.33. The summed E-state index contributed by atoms with van der Waals surface area (Å²) in [5, 5.41) is 6.59. The van der Waals surface area contributed by atoms with Gasteiger partial charge in [0, 0.05) is 27.0 Å². The minimum absolute atomic E-state index is 0.349. The third-order valence-electron chi connectivity index (χ3n) is 2.29. The van der Waals surface area contributed by atoms with E-state index in [0.29, 0.717) is 5.41 Å². The number of hydrogen-bond donors (Lipinski definition) is 1. The second-order valence-corrected chi connectivity index (χ2v) is 7.53. The van der Waals surface area contributed by atoms with Crippen molar-refractivity contribution in [1.82, 2.24) is 5.32 Å². The Balaban J connectivity index is 1.85. The normalized spacial score (nSPS) is 19.3. The minimum Gasteiger partial charge on any atom is -0.360 e. The van der Waals surface area contributed by atoms with Crippen LogP contribution < -0.4 is 5.32 Å². The summed E-state index contributed by atoms with van der Waals surface area (Å²) in [5.41, 5.74) is 0.349. The second-order valence-electron chi connectivity index (χ2n) is 4.66. The van der Waals surface area contributed by atoms with Crippen LogP contribution in [-0.2, 0) is 6.54 Å². The Labute approximate surface area is 113 Å². The molecule has 2 rings (SSSR count). The topological polar surface area (TPSA) is 24.4 Å². The number of rotatable bonds is 2. The summed E-state index contributed by atoms with van der Waals surface area (Å²) >= 11 is 7.05. The van der Waals surface area contributed by atoms with E-state index in [4.69, 9.17) is 0 Å². The molecule has 1 aliphatic heterocycles. The third-order valence-corrected chi connectivity index (χ3v) is 5.46. The van der Waals surface area contributed by atoms with Crippen molar-refractivity contribution < 1.29 is 0 Å². The summed E-state index contributed by atoms with van der Waals surface area (Å²) < 4.78 is 1.16. The fraction of sp³-hybridized carbons (Fsp3) is 0.545. The van der Waals surface area contributed by atoms with E-state index in [2.05, 4.69) is 51.5 Å². The van der Waals surface area contributed by atoms with Gasteiger partial charge in [0.25, 0.3) is 0 Å². The molecule has 0 atom stereocenters. The average molecular weight is 319 g/mol. The lowest BCUT2D eigenvalue weighted by Gasteiger charge is -2.27. The molecule has 0 aliphatic carbocycles. The molecule has 0 radical (unpaired) electrons. The Bertz CT molecular complexity index is 398. The maximum Gasteiger partial charge on any atom is 0.156 e. The summed E-state index contributed by atoms with van der Waals surface area (Å²) in [5.74, 6) is 1.15. The first-order valence-electron chi connectivity index (χ1n) is 5.19. The van der Waals surface area contributed by atoms with Crippen LogP contribution in [0.3, 0.4) is 0 Å². The smallest absolute Gasteiger partial charge is 0.156 e. The zero-order chi connectivity index (χ0) is 11.6. The number of amidine groups is 1. The fourth-order valence-corrected chi connectivity index (χ4v) is 3.70. The number of halogens is 1. The van der Waals surface area contributed by atoms with Crippen LogP contribution in [0, 0.1) is 5.41 Å². The van der Waals surface area contributed by atoms with Crippen LogP contribution in [-0.4, -0.2) is 17.5 Å². The molecule has 0 amide bonds. The zero-order valence-electron chi connectivity index (χ0n) is 9.42. The predicted molar refractivity (Wildman–Crippen MR) is 77.4 cm³/mol. The molecular weight excluding hydrogens is 304 g/mol. The van der Waals surface area contributed by atoms with Gasteiger partial charge in [-0.1, -0.05) is 25.6 Å². The Morgan fingerprint density at radius 1 is 1.56 bits per heavy atom. The highest BCUT2D eigenvalue weighted by Crippen LogP contribution is 2.27. The van der Waals surface area contributed by atoms with Gasteiger partial charge in [-0.25, -0.2) is 0 Å². The van der Waals surface area contributed by atoms with Crippen LogP contribution in [0.1, 0.15) is 18.7 Å². The van der Waals surface area contributed by atoms with Gasteiger partial charge in [-0.3, -0.25) is 4.99 Å². The van der Waals surface area contributed by atoms with E-state index in [9.17, 15) is 0 Å². The maximum absolute atomic E-state index is 4.57. The molecule has 2 heterocycles. The highest BCUT2D eigenvalue weighted by molar-refractivity contribution is 9.10. The molecule has 1 N–H and O–H groups in total. The van der Waals surface area contributed by atoms with Gasteiger partial charge in [-0.05, 0) is 27.4 Å². The highest BCUT2D eigenvalue weighted by atomic mass is 79.9. The van der Waals surface area contributed by atoms with Gasteiger partial charge in [-0.2, -0.15) is 0 Å². The monoisotopic (exact) mass is 318 g/mol. The van der Waals surface area contributed by atoms with E-state index in [-0.39, 0.29) is 0 Å². The quantitative estimate of drug-likeness (QED) is 0.898. The van der Waals surface area contributed by atoms with Gasteiger partial charge in [0.05, 0.1) is 6.54 Å². The lowest BCUT2D eigenvalue weighted by molar-refractivity contribution is 0.436. The van der Waals surface area contributed by atoms with Crippen molar-refractivity contribution in [2.75, 3.05) is 12.3 Å². The number of hydrogen-bond acceptors (Lipinski definition) is 4. The first-order chi connectivity index (χ1) is 7.55. The molecule has 0 spiro atoms. The van der Waals surface area contributed by atoms with Crippen molar-refractivity contribution in [2.24, 2.45) is 10.4 Å². The van der Waals surface area contributed by atoms with Gasteiger partial charge < -0.3 is 5.32 Å². The van der Waals surface area contributed by atoms with Crippen LogP contribution in [0.5, 0.6) is 0 Å². The number of thiophene rings is 1. The van der Waals surface area contributed by atoms with Gasteiger partial charge in [-0.15, -0.1) is 11.3 Å². The number of aliphatic imine (C=N–C) groups is 1. The molecule has 5 heteroatoms. The highest BCUT2D eigenvalue weighted by Gasteiger charge is 2.23. The van der Waals surface area contributed by atoms with E-state index < -0.39 is 0 Å².